The number of rotatable bonds is 17. The molecular formula is C38H50F2N4O5S. The summed E-state index contributed by atoms with van der Waals surface area (Å²) < 4.78 is 53.3. The number of anilines is 1. The van der Waals surface area contributed by atoms with Gasteiger partial charge in [-0.3, -0.25) is 13.9 Å². The highest BCUT2D eigenvalue weighted by molar-refractivity contribution is 7.92. The summed E-state index contributed by atoms with van der Waals surface area (Å²) >= 11 is 0. The van der Waals surface area contributed by atoms with Crippen LogP contribution in [0.4, 0.5) is 14.5 Å². The van der Waals surface area contributed by atoms with Crippen LogP contribution in [-0.4, -0.2) is 75.3 Å². The summed E-state index contributed by atoms with van der Waals surface area (Å²) in [5.74, 6) is -1.58. The number of benzene rings is 3. The van der Waals surface area contributed by atoms with Gasteiger partial charge < -0.3 is 20.6 Å². The summed E-state index contributed by atoms with van der Waals surface area (Å²) in [6.07, 6.45) is 6.50. The van der Waals surface area contributed by atoms with Crippen LogP contribution in [0.1, 0.15) is 82.9 Å². The molecule has 0 aromatic heterocycles. The zero-order valence-corrected chi connectivity index (χ0v) is 30.2. The molecule has 0 radical (unpaired) electrons. The lowest BCUT2D eigenvalue weighted by Crippen LogP contribution is -2.48. The van der Waals surface area contributed by atoms with Crippen LogP contribution < -0.4 is 14.9 Å². The molecule has 1 aliphatic rings. The molecule has 50 heavy (non-hydrogen) atoms. The summed E-state index contributed by atoms with van der Waals surface area (Å²) in [5.41, 5.74) is 2.86. The fourth-order valence-electron chi connectivity index (χ4n) is 6.52. The average Bonchev–Trinajstić information content (AvgIpc) is 3.58. The lowest BCUT2D eigenvalue weighted by atomic mass is 9.99. The molecular weight excluding hydrogens is 663 g/mol. The third kappa shape index (κ3) is 11.3. The molecule has 2 atom stereocenters. The SMILES string of the molecule is CCCN(CCC1CCCC1)C(=O)c1cc(C)cc(C(=O)N[C@@H](Cc2cc(F)cc(F)c2)[C@H](O)CNCc2cccc(N(C)S(C)(=O)=O)c2)c1. The van der Waals surface area contributed by atoms with Gasteiger partial charge in [0.05, 0.1) is 24.1 Å². The Morgan fingerprint density at radius 3 is 2.30 bits per heavy atom. The van der Waals surface area contributed by atoms with Crippen LogP contribution in [-0.2, 0) is 23.0 Å². The fraction of sp³-hybridized carbons (Fsp3) is 0.474. The molecule has 1 fully saturated rings. The zero-order chi connectivity index (χ0) is 36.4. The van der Waals surface area contributed by atoms with Crippen molar-refractivity contribution in [2.75, 3.05) is 37.2 Å². The predicted molar refractivity (Wildman–Crippen MR) is 193 cm³/mol. The van der Waals surface area contributed by atoms with Crippen LogP contribution >= 0.6 is 0 Å². The number of sulfonamides is 1. The monoisotopic (exact) mass is 712 g/mol. The average molecular weight is 713 g/mol. The first-order valence-corrected chi connectivity index (χ1v) is 19.2. The maximum atomic E-state index is 14.1. The Kier molecular flexibility index (Phi) is 13.9. The third-order valence-electron chi connectivity index (χ3n) is 9.26. The molecule has 12 heteroatoms. The van der Waals surface area contributed by atoms with E-state index in [4.69, 9.17) is 0 Å². The van der Waals surface area contributed by atoms with Crippen LogP contribution in [0.5, 0.6) is 0 Å². The first kappa shape index (κ1) is 38.9. The number of hydrogen-bond donors (Lipinski definition) is 3. The molecule has 1 saturated carbocycles. The minimum absolute atomic E-state index is 0.000582. The van der Waals surface area contributed by atoms with Gasteiger partial charge in [-0.15, -0.1) is 0 Å². The predicted octanol–water partition coefficient (Wildman–Crippen LogP) is 5.59. The van der Waals surface area contributed by atoms with Crippen molar-refractivity contribution < 1.29 is 31.9 Å². The lowest BCUT2D eigenvalue weighted by molar-refractivity contribution is 0.0746. The number of aliphatic hydroxyl groups excluding tert-OH is 1. The number of nitrogens with one attached hydrogen (secondary N) is 2. The first-order chi connectivity index (χ1) is 23.7. The van der Waals surface area contributed by atoms with E-state index < -0.39 is 39.7 Å². The van der Waals surface area contributed by atoms with Crippen LogP contribution in [0, 0.1) is 24.5 Å². The Hall–Kier alpha value is -3.87. The summed E-state index contributed by atoms with van der Waals surface area (Å²) in [6.45, 7) is 5.40. The van der Waals surface area contributed by atoms with Gasteiger partial charge in [-0.25, -0.2) is 17.2 Å². The third-order valence-corrected chi connectivity index (χ3v) is 10.5. The number of aryl methyl sites for hydroxylation is 1. The number of amides is 2. The molecule has 3 N–H and O–H groups in total. The molecule has 0 heterocycles. The lowest BCUT2D eigenvalue weighted by Gasteiger charge is -2.26. The highest BCUT2D eigenvalue weighted by Crippen LogP contribution is 2.28. The Morgan fingerprint density at radius 2 is 1.64 bits per heavy atom. The minimum atomic E-state index is -3.45. The normalized spacial score (nSPS) is 14.7. The molecule has 0 spiro atoms. The van der Waals surface area contributed by atoms with Crippen molar-refractivity contribution in [3.8, 4) is 0 Å². The quantitative estimate of drug-likeness (QED) is 0.168. The molecule has 2 amide bonds. The van der Waals surface area contributed by atoms with E-state index in [0.29, 0.717) is 30.3 Å². The highest BCUT2D eigenvalue weighted by atomic mass is 32.2. The molecule has 3 aromatic rings. The zero-order valence-electron chi connectivity index (χ0n) is 29.4. The smallest absolute Gasteiger partial charge is 0.253 e. The number of hydrogen-bond acceptors (Lipinski definition) is 6. The number of carbonyl (C=O) groups excluding carboxylic acids is 2. The number of aliphatic hydroxyl groups is 1. The fourth-order valence-corrected chi connectivity index (χ4v) is 7.02. The van der Waals surface area contributed by atoms with E-state index in [-0.39, 0.29) is 36.5 Å². The van der Waals surface area contributed by atoms with Gasteiger partial charge in [-0.05, 0) is 91.3 Å². The van der Waals surface area contributed by atoms with Crippen LogP contribution in [0.25, 0.3) is 0 Å². The maximum Gasteiger partial charge on any atom is 0.253 e. The van der Waals surface area contributed by atoms with Gasteiger partial charge in [0.25, 0.3) is 11.8 Å². The molecule has 0 unspecified atom stereocenters. The van der Waals surface area contributed by atoms with Crippen LogP contribution in [0.15, 0.2) is 60.7 Å². The van der Waals surface area contributed by atoms with Gasteiger partial charge in [0, 0.05) is 50.4 Å². The van der Waals surface area contributed by atoms with Crippen molar-refractivity contribution in [1.29, 1.82) is 0 Å². The molecule has 3 aromatic carbocycles. The number of halogens is 2. The van der Waals surface area contributed by atoms with Crippen molar-refractivity contribution in [2.24, 2.45) is 5.92 Å². The van der Waals surface area contributed by atoms with E-state index in [2.05, 4.69) is 10.6 Å². The maximum absolute atomic E-state index is 14.1. The van der Waals surface area contributed by atoms with Gasteiger partial charge in [-0.2, -0.15) is 0 Å². The summed E-state index contributed by atoms with van der Waals surface area (Å²) in [7, 11) is -2.00. The van der Waals surface area contributed by atoms with E-state index in [1.807, 2.05) is 18.7 Å². The van der Waals surface area contributed by atoms with Gasteiger partial charge in [0.1, 0.15) is 11.6 Å². The second kappa shape index (κ2) is 17.9. The van der Waals surface area contributed by atoms with Crippen LogP contribution in [0.3, 0.4) is 0 Å². The Bertz CT molecular complexity index is 1710. The highest BCUT2D eigenvalue weighted by Gasteiger charge is 2.25. The van der Waals surface area contributed by atoms with Gasteiger partial charge in [-0.1, -0.05) is 44.7 Å². The Labute approximate surface area is 295 Å². The molecule has 0 aliphatic heterocycles. The second-order valence-electron chi connectivity index (χ2n) is 13.5. The van der Waals surface area contributed by atoms with E-state index in [1.165, 1.54) is 32.7 Å². The van der Waals surface area contributed by atoms with E-state index in [9.17, 15) is 31.9 Å². The van der Waals surface area contributed by atoms with Crippen molar-refractivity contribution in [2.45, 2.75) is 77.5 Å². The molecule has 1 aliphatic carbocycles. The van der Waals surface area contributed by atoms with E-state index in [0.717, 1.165) is 52.7 Å². The molecule has 9 nitrogen and oxygen atoms in total. The Balaban J connectivity index is 1.49. The van der Waals surface area contributed by atoms with Crippen molar-refractivity contribution >= 4 is 27.5 Å². The summed E-state index contributed by atoms with van der Waals surface area (Å²) in [5, 5.41) is 17.3. The first-order valence-electron chi connectivity index (χ1n) is 17.3. The van der Waals surface area contributed by atoms with Gasteiger partial charge >= 0.3 is 0 Å². The second-order valence-corrected chi connectivity index (χ2v) is 15.5. The van der Waals surface area contributed by atoms with Crippen molar-refractivity contribution in [3.05, 3.63) is 100 Å². The largest absolute Gasteiger partial charge is 0.390 e. The van der Waals surface area contributed by atoms with Gasteiger partial charge in [0.2, 0.25) is 10.0 Å². The standard InChI is InChI=1S/C38H50F2N4O5S/c1-5-14-44(15-13-27-9-6-7-10-27)38(47)31-17-26(2)16-30(22-31)37(46)42-35(21-29-18-32(39)23-33(40)19-29)36(45)25-41-24-28-11-8-12-34(20-28)43(3)50(4,48)49/h8,11-12,16-20,22-23,27,35-36,41,45H,5-7,9-10,13-15,21,24-25H2,1-4H3,(H,42,46)/t35-,36+/m0/s1. The van der Waals surface area contributed by atoms with Crippen molar-refractivity contribution in [1.82, 2.24) is 15.5 Å². The van der Waals surface area contributed by atoms with E-state index in [1.54, 1.807) is 42.5 Å². The number of nitrogens with zero attached hydrogens (tertiary/aromatic N) is 2. The molecule has 272 valence electrons. The molecule has 0 saturated heterocycles. The molecule has 0 bridgehead atoms. The van der Waals surface area contributed by atoms with Crippen LogP contribution in [0.2, 0.25) is 0 Å². The van der Waals surface area contributed by atoms with E-state index >= 15 is 0 Å². The molecule has 4 rings (SSSR count). The topological polar surface area (TPSA) is 119 Å². The summed E-state index contributed by atoms with van der Waals surface area (Å²) in [6, 6.07) is 14.0. The van der Waals surface area contributed by atoms with Gasteiger partial charge in [0.15, 0.2) is 0 Å². The van der Waals surface area contributed by atoms with Crippen molar-refractivity contribution in [3.63, 3.8) is 0 Å². The Morgan fingerprint density at radius 1 is 0.960 bits per heavy atom. The summed E-state index contributed by atoms with van der Waals surface area (Å²) in [4.78, 5) is 29.3. The minimum Gasteiger partial charge on any atom is -0.390 e. The number of carbonyl (C=O) groups is 2.